The summed E-state index contributed by atoms with van der Waals surface area (Å²) in [7, 11) is 0. The second-order valence-corrected chi connectivity index (χ2v) is 1.68. The molecule has 0 aromatic heterocycles. The van der Waals surface area contributed by atoms with Crippen LogP contribution in [0.4, 0.5) is 0 Å². The topological polar surface area (TPSA) is 24.7 Å². The minimum absolute atomic E-state index is 0.792. The molecule has 0 aromatic carbocycles. The van der Waals surface area contributed by atoms with Crippen LogP contribution in [0, 0.1) is 11.8 Å². The summed E-state index contributed by atoms with van der Waals surface area (Å²) in [6.07, 6.45) is 1.72. The van der Waals surface area contributed by atoms with E-state index in [4.69, 9.17) is 0 Å². The molecule has 1 aliphatic heterocycles. The summed E-state index contributed by atoms with van der Waals surface area (Å²) < 4.78 is 0. The zero-order valence-electron chi connectivity index (χ0n) is 7.39. The van der Waals surface area contributed by atoms with Gasteiger partial charge in [0.1, 0.15) is 5.71 Å². The average molecular weight is 150 g/mol. The molecule has 0 spiro atoms. The van der Waals surface area contributed by atoms with E-state index in [0.717, 1.165) is 18.8 Å². The van der Waals surface area contributed by atoms with E-state index in [2.05, 4.69) is 21.8 Å². The molecule has 0 aliphatic carbocycles. The Morgan fingerprint density at radius 2 is 2.09 bits per heavy atom. The summed E-state index contributed by atoms with van der Waals surface area (Å²) >= 11 is 0. The molecule has 2 heteroatoms. The minimum atomic E-state index is 0.792. The molecule has 1 heterocycles. The van der Waals surface area contributed by atoms with Crippen molar-refractivity contribution in [1.29, 1.82) is 0 Å². The standard InChI is InChI=1S/C7H8N2.C2H6/c1-2-3-7-6-8-4-5-9-7;1-2/h6H,4-5H2,1H3;1-2H3. The van der Waals surface area contributed by atoms with Gasteiger partial charge in [0, 0.05) is 0 Å². The molecular weight excluding hydrogens is 136 g/mol. The van der Waals surface area contributed by atoms with Gasteiger partial charge in [0.15, 0.2) is 0 Å². The van der Waals surface area contributed by atoms with Crippen LogP contribution < -0.4 is 0 Å². The molecule has 0 unspecified atom stereocenters. The Balaban J connectivity index is 0.000000461. The normalized spacial score (nSPS) is 13.5. The van der Waals surface area contributed by atoms with Crippen molar-refractivity contribution in [1.82, 2.24) is 0 Å². The van der Waals surface area contributed by atoms with Crippen molar-refractivity contribution >= 4 is 11.9 Å². The molecule has 0 fully saturated rings. The fraction of sp³-hybridized carbons (Fsp3) is 0.556. The maximum Gasteiger partial charge on any atom is 0.125 e. The molecule has 60 valence electrons. The van der Waals surface area contributed by atoms with Crippen LogP contribution in [-0.4, -0.2) is 25.0 Å². The van der Waals surface area contributed by atoms with Crippen LogP contribution in [0.5, 0.6) is 0 Å². The predicted octanol–water partition coefficient (Wildman–Crippen LogP) is 1.56. The first kappa shape index (κ1) is 9.90. The second kappa shape index (κ2) is 7.01. The summed E-state index contributed by atoms with van der Waals surface area (Å²) in [6, 6.07) is 0. The van der Waals surface area contributed by atoms with Crippen LogP contribution in [0.15, 0.2) is 9.98 Å². The maximum atomic E-state index is 4.11. The zero-order chi connectivity index (χ0) is 8.53. The van der Waals surface area contributed by atoms with Gasteiger partial charge in [-0.3, -0.25) is 9.98 Å². The summed E-state index contributed by atoms with van der Waals surface area (Å²) in [6.45, 7) is 7.40. The van der Waals surface area contributed by atoms with Gasteiger partial charge in [0.25, 0.3) is 0 Å². The third kappa shape index (κ3) is 4.32. The Labute approximate surface area is 68.4 Å². The second-order valence-electron chi connectivity index (χ2n) is 1.68. The molecule has 2 nitrogen and oxygen atoms in total. The molecule has 0 amide bonds. The number of hydrogen-bond donors (Lipinski definition) is 0. The predicted molar refractivity (Wildman–Crippen MR) is 50.5 cm³/mol. The van der Waals surface area contributed by atoms with Crippen molar-refractivity contribution in [3.63, 3.8) is 0 Å². The third-order valence-corrected chi connectivity index (χ3v) is 0.978. The fourth-order valence-corrected chi connectivity index (χ4v) is 0.620. The van der Waals surface area contributed by atoms with E-state index in [9.17, 15) is 0 Å². The SMILES string of the molecule is CC.CC#CC1=NCCN=C1. The van der Waals surface area contributed by atoms with Gasteiger partial charge in [-0.2, -0.15) is 0 Å². The van der Waals surface area contributed by atoms with Gasteiger partial charge in [-0.15, -0.1) is 0 Å². The van der Waals surface area contributed by atoms with E-state index >= 15 is 0 Å². The lowest BCUT2D eigenvalue weighted by atomic mass is 10.3. The van der Waals surface area contributed by atoms with Crippen LogP contribution in [0.1, 0.15) is 20.8 Å². The lowest BCUT2D eigenvalue weighted by Crippen LogP contribution is -2.05. The summed E-state index contributed by atoms with van der Waals surface area (Å²) in [5, 5.41) is 0. The van der Waals surface area contributed by atoms with Gasteiger partial charge in [0.2, 0.25) is 0 Å². The Bertz CT molecular complexity index is 203. The molecule has 0 N–H and O–H groups in total. The number of nitrogens with zero attached hydrogens (tertiary/aromatic N) is 2. The van der Waals surface area contributed by atoms with Crippen LogP contribution in [0.25, 0.3) is 0 Å². The molecule has 0 bridgehead atoms. The van der Waals surface area contributed by atoms with Gasteiger partial charge in [-0.1, -0.05) is 19.8 Å². The maximum absolute atomic E-state index is 4.11. The molecule has 0 atom stereocenters. The molecule has 1 aliphatic rings. The molecule has 11 heavy (non-hydrogen) atoms. The Morgan fingerprint density at radius 1 is 1.36 bits per heavy atom. The van der Waals surface area contributed by atoms with Gasteiger partial charge in [-0.25, -0.2) is 0 Å². The largest absolute Gasteiger partial charge is 0.288 e. The quantitative estimate of drug-likeness (QED) is 0.468. The van der Waals surface area contributed by atoms with Crippen molar-refractivity contribution in [2.24, 2.45) is 9.98 Å². The van der Waals surface area contributed by atoms with Crippen molar-refractivity contribution < 1.29 is 0 Å². The first-order valence-electron chi connectivity index (χ1n) is 3.90. The van der Waals surface area contributed by atoms with Gasteiger partial charge < -0.3 is 0 Å². The molecule has 0 saturated heterocycles. The van der Waals surface area contributed by atoms with E-state index in [1.807, 2.05) is 13.8 Å². The summed E-state index contributed by atoms with van der Waals surface area (Å²) in [4.78, 5) is 8.13. The lowest BCUT2D eigenvalue weighted by molar-refractivity contribution is 0.973. The monoisotopic (exact) mass is 150 g/mol. The van der Waals surface area contributed by atoms with E-state index in [1.54, 1.807) is 13.1 Å². The van der Waals surface area contributed by atoms with Crippen LogP contribution >= 0.6 is 0 Å². The van der Waals surface area contributed by atoms with E-state index < -0.39 is 0 Å². The zero-order valence-corrected chi connectivity index (χ0v) is 7.39. The van der Waals surface area contributed by atoms with Gasteiger partial charge in [0.05, 0.1) is 19.3 Å². The Hall–Kier alpha value is -1.10. The molecule has 0 aromatic rings. The minimum Gasteiger partial charge on any atom is -0.288 e. The summed E-state index contributed by atoms with van der Waals surface area (Å²) in [5.74, 6) is 5.60. The summed E-state index contributed by atoms with van der Waals surface area (Å²) in [5.41, 5.74) is 0.809. The fourth-order valence-electron chi connectivity index (χ4n) is 0.620. The smallest absolute Gasteiger partial charge is 0.125 e. The van der Waals surface area contributed by atoms with Crippen LogP contribution in [-0.2, 0) is 0 Å². The van der Waals surface area contributed by atoms with E-state index in [0.29, 0.717) is 0 Å². The Morgan fingerprint density at radius 3 is 2.55 bits per heavy atom. The first-order valence-corrected chi connectivity index (χ1v) is 3.90. The van der Waals surface area contributed by atoms with Crippen molar-refractivity contribution in [3.05, 3.63) is 0 Å². The highest BCUT2D eigenvalue weighted by Crippen LogP contribution is 1.83. The van der Waals surface area contributed by atoms with Gasteiger partial charge in [-0.05, 0) is 12.8 Å². The molecule has 0 saturated carbocycles. The number of rotatable bonds is 0. The molecular formula is C9H14N2. The number of hydrogen-bond acceptors (Lipinski definition) is 2. The highest BCUT2D eigenvalue weighted by Gasteiger charge is 1.92. The molecule has 1 rings (SSSR count). The Kier molecular flexibility index (Phi) is 6.31. The highest BCUT2D eigenvalue weighted by molar-refractivity contribution is 6.38. The van der Waals surface area contributed by atoms with Crippen molar-refractivity contribution in [2.75, 3.05) is 13.1 Å². The van der Waals surface area contributed by atoms with Crippen LogP contribution in [0.2, 0.25) is 0 Å². The van der Waals surface area contributed by atoms with E-state index in [1.165, 1.54) is 0 Å². The van der Waals surface area contributed by atoms with Crippen LogP contribution in [0.3, 0.4) is 0 Å². The van der Waals surface area contributed by atoms with Crippen molar-refractivity contribution in [2.45, 2.75) is 20.8 Å². The molecule has 0 radical (unpaired) electrons. The third-order valence-electron chi connectivity index (χ3n) is 0.978. The van der Waals surface area contributed by atoms with E-state index in [-0.39, 0.29) is 0 Å². The average Bonchev–Trinajstić information content (AvgIpc) is 2.11. The first-order chi connectivity index (χ1) is 5.43. The number of aliphatic imine (C=N–C) groups is 2. The highest BCUT2D eigenvalue weighted by atomic mass is 14.9. The lowest BCUT2D eigenvalue weighted by Gasteiger charge is -1.96. The van der Waals surface area contributed by atoms with Crippen molar-refractivity contribution in [3.8, 4) is 11.8 Å². The van der Waals surface area contributed by atoms with Gasteiger partial charge >= 0.3 is 0 Å².